The largest absolute Gasteiger partial charge is 0.368 e. The molecule has 8 nitrogen and oxygen atoms in total. The number of fused-ring (bicyclic) bond motifs is 1. The van der Waals surface area contributed by atoms with Crippen LogP contribution in [0.25, 0.3) is 11.2 Å². The number of aromatic amines is 1. The van der Waals surface area contributed by atoms with Crippen LogP contribution >= 0.6 is 0 Å². The Labute approximate surface area is 123 Å². The van der Waals surface area contributed by atoms with Crippen molar-refractivity contribution in [2.75, 3.05) is 39.0 Å². The Morgan fingerprint density at radius 3 is 2.95 bits per heavy atom. The highest BCUT2D eigenvalue weighted by atomic mass is 16.1. The van der Waals surface area contributed by atoms with E-state index in [4.69, 9.17) is 0 Å². The Balaban J connectivity index is 1.69. The van der Waals surface area contributed by atoms with Crippen LogP contribution in [-0.4, -0.2) is 64.5 Å². The van der Waals surface area contributed by atoms with Gasteiger partial charge in [-0.25, -0.2) is 15.0 Å². The average molecular weight is 291 g/mol. The van der Waals surface area contributed by atoms with Gasteiger partial charge in [-0.3, -0.25) is 4.79 Å². The summed E-state index contributed by atoms with van der Waals surface area (Å²) >= 11 is 0. The standard InChI is InChI=1S/C13H21N7O/c1-20(2)7-3-5-14-10(21)4-6-15-12-11-13(17-8-16-11)19-9-18-12/h8-9H,3-7H2,1-2H3,(H,14,21)(H2,15,16,17,18,19). The molecule has 21 heavy (non-hydrogen) atoms. The minimum absolute atomic E-state index is 0.0381. The van der Waals surface area contributed by atoms with Crippen molar-refractivity contribution in [3.63, 3.8) is 0 Å². The zero-order valence-corrected chi connectivity index (χ0v) is 12.4. The predicted octanol–water partition coefficient (Wildman–Crippen LogP) is 0.223. The molecule has 0 aliphatic rings. The lowest BCUT2D eigenvalue weighted by Crippen LogP contribution is -2.28. The number of anilines is 1. The monoisotopic (exact) mass is 291 g/mol. The molecule has 1 amide bonds. The molecule has 0 aliphatic carbocycles. The third-order valence-electron chi connectivity index (χ3n) is 2.97. The van der Waals surface area contributed by atoms with E-state index in [0.29, 0.717) is 31.0 Å². The van der Waals surface area contributed by atoms with Gasteiger partial charge in [0.25, 0.3) is 0 Å². The zero-order chi connectivity index (χ0) is 15.1. The van der Waals surface area contributed by atoms with Gasteiger partial charge in [-0.1, -0.05) is 0 Å². The normalized spacial score (nSPS) is 11.0. The number of amides is 1. The summed E-state index contributed by atoms with van der Waals surface area (Å²) < 4.78 is 0. The van der Waals surface area contributed by atoms with E-state index in [-0.39, 0.29) is 5.91 Å². The first kappa shape index (κ1) is 15.2. The molecular weight excluding hydrogens is 270 g/mol. The molecule has 0 unspecified atom stereocenters. The summed E-state index contributed by atoms with van der Waals surface area (Å²) in [7, 11) is 4.04. The number of hydrogen-bond donors (Lipinski definition) is 3. The first-order valence-electron chi connectivity index (χ1n) is 6.96. The molecule has 8 heteroatoms. The van der Waals surface area contributed by atoms with Gasteiger partial charge in [-0.15, -0.1) is 0 Å². The molecule has 2 aromatic heterocycles. The average Bonchev–Trinajstić information content (AvgIpc) is 2.93. The van der Waals surface area contributed by atoms with Crippen LogP contribution in [-0.2, 0) is 4.79 Å². The van der Waals surface area contributed by atoms with Gasteiger partial charge in [0.1, 0.15) is 11.8 Å². The molecule has 0 saturated heterocycles. The first-order valence-corrected chi connectivity index (χ1v) is 6.96. The quantitative estimate of drug-likeness (QED) is 0.602. The lowest BCUT2D eigenvalue weighted by Gasteiger charge is -2.10. The van der Waals surface area contributed by atoms with E-state index in [2.05, 4.69) is 35.5 Å². The molecule has 114 valence electrons. The summed E-state index contributed by atoms with van der Waals surface area (Å²) in [6.07, 6.45) is 4.38. The molecule has 0 bridgehead atoms. The van der Waals surface area contributed by atoms with E-state index >= 15 is 0 Å². The molecule has 2 rings (SSSR count). The summed E-state index contributed by atoms with van der Waals surface area (Å²) in [5.41, 5.74) is 1.37. The van der Waals surface area contributed by atoms with Crippen molar-refractivity contribution in [1.29, 1.82) is 0 Å². The highest BCUT2D eigenvalue weighted by molar-refractivity contribution is 5.82. The summed E-state index contributed by atoms with van der Waals surface area (Å²) in [6, 6.07) is 0. The Hall–Kier alpha value is -2.22. The number of aromatic nitrogens is 4. The van der Waals surface area contributed by atoms with Crippen LogP contribution in [0.15, 0.2) is 12.7 Å². The van der Waals surface area contributed by atoms with Crippen LogP contribution in [0, 0.1) is 0 Å². The zero-order valence-electron chi connectivity index (χ0n) is 12.4. The summed E-state index contributed by atoms with van der Waals surface area (Å²) in [5.74, 6) is 0.703. The van der Waals surface area contributed by atoms with Crippen LogP contribution in [0.1, 0.15) is 12.8 Å². The van der Waals surface area contributed by atoms with Gasteiger partial charge in [0, 0.05) is 19.5 Å². The molecule has 2 heterocycles. The maximum absolute atomic E-state index is 11.7. The second-order valence-electron chi connectivity index (χ2n) is 5.01. The third kappa shape index (κ3) is 4.67. The van der Waals surface area contributed by atoms with E-state index in [1.165, 1.54) is 6.33 Å². The lowest BCUT2D eigenvalue weighted by molar-refractivity contribution is -0.120. The molecule has 3 N–H and O–H groups in total. The summed E-state index contributed by atoms with van der Waals surface area (Å²) in [4.78, 5) is 29.0. The molecule has 0 radical (unpaired) electrons. The lowest BCUT2D eigenvalue weighted by atomic mass is 10.3. The Bertz CT molecular complexity index is 581. The van der Waals surface area contributed by atoms with Crippen LogP contribution in [0.3, 0.4) is 0 Å². The van der Waals surface area contributed by atoms with E-state index in [1.807, 2.05) is 14.1 Å². The van der Waals surface area contributed by atoms with Gasteiger partial charge in [0.05, 0.1) is 6.33 Å². The van der Waals surface area contributed by atoms with E-state index in [9.17, 15) is 4.79 Å². The van der Waals surface area contributed by atoms with Crippen molar-refractivity contribution in [3.8, 4) is 0 Å². The molecule has 0 saturated carbocycles. The molecule has 0 fully saturated rings. The van der Waals surface area contributed by atoms with Gasteiger partial charge in [-0.2, -0.15) is 0 Å². The number of nitrogens with one attached hydrogen (secondary N) is 3. The molecule has 0 atom stereocenters. The Morgan fingerprint density at radius 1 is 1.29 bits per heavy atom. The van der Waals surface area contributed by atoms with Gasteiger partial charge in [0.15, 0.2) is 11.5 Å². The number of imidazole rings is 1. The summed E-state index contributed by atoms with van der Waals surface area (Å²) in [6.45, 7) is 2.19. The SMILES string of the molecule is CN(C)CCCNC(=O)CCNc1ncnc2nc[nH]c12. The van der Waals surface area contributed by atoms with Crippen LogP contribution in [0.5, 0.6) is 0 Å². The van der Waals surface area contributed by atoms with Gasteiger partial charge in [-0.05, 0) is 27.1 Å². The molecule has 0 aliphatic heterocycles. The molecular formula is C13H21N7O. The topological polar surface area (TPSA) is 98.8 Å². The number of H-pyrrole nitrogens is 1. The van der Waals surface area contributed by atoms with E-state index in [0.717, 1.165) is 18.5 Å². The fourth-order valence-corrected chi connectivity index (χ4v) is 1.90. The number of carbonyl (C=O) groups is 1. The van der Waals surface area contributed by atoms with Crippen molar-refractivity contribution >= 4 is 22.9 Å². The van der Waals surface area contributed by atoms with Gasteiger partial charge >= 0.3 is 0 Å². The van der Waals surface area contributed by atoms with E-state index in [1.54, 1.807) is 6.33 Å². The van der Waals surface area contributed by atoms with Crippen LogP contribution < -0.4 is 10.6 Å². The second kappa shape index (κ2) is 7.53. The number of hydrogen-bond acceptors (Lipinski definition) is 6. The van der Waals surface area contributed by atoms with Gasteiger partial charge in [0.2, 0.25) is 5.91 Å². The van der Waals surface area contributed by atoms with Crippen molar-refractivity contribution in [2.24, 2.45) is 0 Å². The van der Waals surface area contributed by atoms with Crippen LogP contribution in [0.2, 0.25) is 0 Å². The Kier molecular flexibility index (Phi) is 5.44. The van der Waals surface area contributed by atoms with Crippen molar-refractivity contribution < 1.29 is 4.79 Å². The van der Waals surface area contributed by atoms with Crippen molar-refractivity contribution in [2.45, 2.75) is 12.8 Å². The van der Waals surface area contributed by atoms with Gasteiger partial charge < -0.3 is 20.5 Å². The predicted molar refractivity (Wildman–Crippen MR) is 81.0 cm³/mol. The minimum atomic E-state index is 0.0381. The highest BCUT2D eigenvalue weighted by Gasteiger charge is 2.06. The Morgan fingerprint density at radius 2 is 2.14 bits per heavy atom. The number of nitrogens with zero attached hydrogens (tertiary/aromatic N) is 4. The van der Waals surface area contributed by atoms with Crippen LogP contribution in [0.4, 0.5) is 5.82 Å². The molecule has 0 spiro atoms. The highest BCUT2D eigenvalue weighted by Crippen LogP contribution is 2.13. The van der Waals surface area contributed by atoms with Crippen molar-refractivity contribution in [1.82, 2.24) is 30.2 Å². The number of carbonyl (C=O) groups excluding carboxylic acids is 1. The molecule has 0 aromatic carbocycles. The number of rotatable bonds is 8. The first-order chi connectivity index (χ1) is 10.2. The fraction of sp³-hybridized carbons (Fsp3) is 0.538. The third-order valence-corrected chi connectivity index (χ3v) is 2.97. The fourth-order valence-electron chi connectivity index (χ4n) is 1.90. The summed E-state index contributed by atoms with van der Waals surface area (Å²) in [5, 5.41) is 6.02. The maximum Gasteiger partial charge on any atom is 0.221 e. The minimum Gasteiger partial charge on any atom is -0.368 e. The smallest absolute Gasteiger partial charge is 0.221 e. The van der Waals surface area contributed by atoms with E-state index < -0.39 is 0 Å². The maximum atomic E-state index is 11.7. The molecule has 2 aromatic rings. The second-order valence-corrected chi connectivity index (χ2v) is 5.01. The van der Waals surface area contributed by atoms with Crippen molar-refractivity contribution in [3.05, 3.63) is 12.7 Å².